The van der Waals surface area contributed by atoms with Crippen LogP contribution >= 0.6 is 27.3 Å². The van der Waals surface area contributed by atoms with Gasteiger partial charge in [-0.1, -0.05) is 6.92 Å². The third-order valence-corrected chi connectivity index (χ3v) is 4.27. The summed E-state index contributed by atoms with van der Waals surface area (Å²) in [5, 5.41) is 1.86. The summed E-state index contributed by atoms with van der Waals surface area (Å²) in [6.45, 7) is 1.51. The Morgan fingerprint density at radius 1 is 1.50 bits per heavy atom. The number of rotatable bonds is 6. The summed E-state index contributed by atoms with van der Waals surface area (Å²) in [5.74, 6) is 0. The van der Waals surface area contributed by atoms with Gasteiger partial charge in [-0.15, -0.1) is 11.3 Å². The van der Waals surface area contributed by atoms with Crippen LogP contribution < -0.4 is 5.73 Å². The summed E-state index contributed by atoms with van der Waals surface area (Å²) in [4.78, 5) is 2.26. The minimum atomic E-state index is -4.20. The molecule has 104 valence electrons. The van der Waals surface area contributed by atoms with Crippen LogP contribution in [0.5, 0.6) is 0 Å². The van der Waals surface area contributed by atoms with Gasteiger partial charge in [-0.2, -0.15) is 13.2 Å². The van der Waals surface area contributed by atoms with Crippen LogP contribution in [0.2, 0.25) is 0 Å². The fraction of sp³-hybridized carbons (Fsp3) is 0.636. The number of nitrogens with zero attached hydrogens (tertiary/aromatic N) is 1. The molecule has 18 heavy (non-hydrogen) atoms. The van der Waals surface area contributed by atoms with Crippen LogP contribution in [0.15, 0.2) is 15.9 Å². The molecule has 0 fully saturated rings. The highest BCUT2D eigenvalue weighted by atomic mass is 79.9. The lowest BCUT2D eigenvalue weighted by molar-refractivity contribution is -0.150. The first-order chi connectivity index (χ1) is 8.37. The average molecular weight is 345 g/mol. The Bertz CT molecular complexity index is 367. The van der Waals surface area contributed by atoms with Gasteiger partial charge in [0.2, 0.25) is 0 Å². The van der Waals surface area contributed by atoms with E-state index in [9.17, 15) is 13.2 Å². The molecule has 1 unspecified atom stereocenters. The molecule has 1 aromatic heterocycles. The van der Waals surface area contributed by atoms with E-state index in [0.29, 0.717) is 13.0 Å². The molecule has 1 aromatic rings. The molecule has 0 aliphatic carbocycles. The van der Waals surface area contributed by atoms with Crippen LogP contribution in [-0.4, -0.2) is 30.7 Å². The molecular formula is C11H16BrF3N2S. The highest BCUT2D eigenvalue weighted by Crippen LogP contribution is 2.31. The van der Waals surface area contributed by atoms with E-state index in [2.05, 4.69) is 15.9 Å². The highest BCUT2D eigenvalue weighted by Gasteiger charge is 2.34. The van der Waals surface area contributed by atoms with Crippen molar-refractivity contribution in [1.29, 1.82) is 0 Å². The van der Waals surface area contributed by atoms with E-state index in [1.54, 1.807) is 0 Å². The lowest BCUT2D eigenvalue weighted by atomic mass is 10.2. The lowest BCUT2D eigenvalue weighted by Gasteiger charge is -2.30. The SMILES string of the molecule is CCCN(CC(F)(F)F)C(CN)c1cc(Br)cs1. The van der Waals surface area contributed by atoms with Crippen molar-refractivity contribution in [3.63, 3.8) is 0 Å². The van der Waals surface area contributed by atoms with Crippen molar-refractivity contribution >= 4 is 27.3 Å². The minimum absolute atomic E-state index is 0.184. The Hall–Kier alpha value is -0.110. The Morgan fingerprint density at radius 2 is 2.17 bits per heavy atom. The standard InChI is InChI=1S/C11H16BrF3N2S/c1-2-3-17(7-11(13,14)15)9(5-16)10-4-8(12)6-18-10/h4,6,9H,2-3,5,7,16H2,1H3. The Kier molecular flexibility index (Phi) is 6.10. The first-order valence-corrected chi connectivity index (χ1v) is 7.29. The van der Waals surface area contributed by atoms with Crippen LogP contribution in [0, 0.1) is 0 Å². The maximum Gasteiger partial charge on any atom is 0.401 e. The maximum atomic E-state index is 12.6. The molecule has 0 aliphatic rings. The van der Waals surface area contributed by atoms with E-state index in [1.165, 1.54) is 16.2 Å². The molecule has 0 amide bonds. The molecule has 0 aliphatic heterocycles. The van der Waals surface area contributed by atoms with Crippen LogP contribution in [-0.2, 0) is 0 Å². The van der Waals surface area contributed by atoms with Crippen LogP contribution in [0.25, 0.3) is 0 Å². The molecule has 0 spiro atoms. The lowest BCUT2D eigenvalue weighted by Crippen LogP contribution is -2.40. The number of halogens is 4. The normalized spacial score (nSPS) is 14.2. The molecule has 0 radical (unpaired) electrons. The van der Waals surface area contributed by atoms with Gasteiger partial charge >= 0.3 is 6.18 Å². The molecule has 1 atom stereocenters. The van der Waals surface area contributed by atoms with Gasteiger partial charge in [0, 0.05) is 21.3 Å². The summed E-state index contributed by atoms with van der Waals surface area (Å²) in [6, 6.07) is 1.46. The van der Waals surface area contributed by atoms with Crippen LogP contribution in [0.4, 0.5) is 13.2 Å². The van der Waals surface area contributed by atoms with Gasteiger partial charge in [0.25, 0.3) is 0 Å². The van der Waals surface area contributed by atoms with E-state index < -0.39 is 12.7 Å². The van der Waals surface area contributed by atoms with Crippen molar-refractivity contribution in [2.75, 3.05) is 19.6 Å². The van der Waals surface area contributed by atoms with Gasteiger partial charge < -0.3 is 5.73 Å². The van der Waals surface area contributed by atoms with Crippen LogP contribution in [0.3, 0.4) is 0 Å². The van der Waals surface area contributed by atoms with Crippen molar-refractivity contribution < 1.29 is 13.2 Å². The fourth-order valence-electron chi connectivity index (χ4n) is 1.81. The fourth-order valence-corrected chi connectivity index (χ4v) is 3.40. The summed E-state index contributed by atoms with van der Waals surface area (Å²) in [6.07, 6.45) is -3.53. The summed E-state index contributed by atoms with van der Waals surface area (Å²) < 4.78 is 38.6. The number of thiophene rings is 1. The van der Waals surface area contributed by atoms with E-state index >= 15 is 0 Å². The van der Waals surface area contributed by atoms with Gasteiger partial charge in [-0.05, 0) is 35.0 Å². The van der Waals surface area contributed by atoms with Gasteiger partial charge in [0.05, 0.1) is 12.6 Å². The van der Waals surface area contributed by atoms with Crippen molar-refractivity contribution in [3.05, 3.63) is 20.8 Å². The summed E-state index contributed by atoms with van der Waals surface area (Å²) in [7, 11) is 0. The topological polar surface area (TPSA) is 29.3 Å². The predicted molar refractivity (Wildman–Crippen MR) is 71.7 cm³/mol. The molecule has 0 aromatic carbocycles. The van der Waals surface area contributed by atoms with Gasteiger partial charge in [-0.25, -0.2) is 0 Å². The number of alkyl halides is 3. The highest BCUT2D eigenvalue weighted by molar-refractivity contribution is 9.10. The molecule has 7 heteroatoms. The predicted octanol–water partition coefficient (Wildman–Crippen LogP) is 3.78. The molecule has 2 nitrogen and oxygen atoms in total. The summed E-state index contributed by atoms with van der Waals surface area (Å²) >= 11 is 4.73. The van der Waals surface area contributed by atoms with Gasteiger partial charge in [0.1, 0.15) is 0 Å². The van der Waals surface area contributed by atoms with Crippen molar-refractivity contribution in [2.45, 2.75) is 25.6 Å². The van der Waals surface area contributed by atoms with Gasteiger partial charge in [-0.3, -0.25) is 4.90 Å². The molecule has 2 N–H and O–H groups in total. The minimum Gasteiger partial charge on any atom is -0.329 e. The third-order valence-electron chi connectivity index (χ3n) is 2.47. The molecule has 1 rings (SSSR count). The quantitative estimate of drug-likeness (QED) is 0.850. The van der Waals surface area contributed by atoms with Crippen molar-refractivity contribution in [2.24, 2.45) is 5.73 Å². The largest absolute Gasteiger partial charge is 0.401 e. The zero-order valence-corrected chi connectivity index (χ0v) is 12.4. The molecule has 0 saturated carbocycles. The Balaban J connectivity index is 2.86. The van der Waals surface area contributed by atoms with E-state index in [1.807, 2.05) is 18.4 Å². The Morgan fingerprint density at radius 3 is 2.56 bits per heavy atom. The van der Waals surface area contributed by atoms with E-state index in [0.717, 1.165) is 9.35 Å². The van der Waals surface area contributed by atoms with E-state index in [4.69, 9.17) is 5.73 Å². The Labute approximate surface area is 117 Å². The summed E-state index contributed by atoms with van der Waals surface area (Å²) in [5.41, 5.74) is 5.65. The zero-order valence-electron chi connectivity index (χ0n) is 10.0. The number of hydrogen-bond acceptors (Lipinski definition) is 3. The molecule has 0 bridgehead atoms. The van der Waals surface area contributed by atoms with E-state index in [-0.39, 0.29) is 12.6 Å². The van der Waals surface area contributed by atoms with Gasteiger partial charge in [0.15, 0.2) is 0 Å². The van der Waals surface area contributed by atoms with Crippen molar-refractivity contribution in [1.82, 2.24) is 4.90 Å². The number of hydrogen-bond donors (Lipinski definition) is 1. The molecular weight excluding hydrogens is 329 g/mol. The third kappa shape index (κ3) is 4.87. The first kappa shape index (κ1) is 15.9. The monoisotopic (exact) mass is 344 g/mol. The second-order valence-corrected chi connectivity index (χ2v) is 5.86. The smallest absolute Gasteiger partial charge is 0.329 e. The molecule has 1 heterocycles. The van der Waals surface area contributed by atoms with Crippen molar-refractivity contribution in [3.8, 4) is 0 Å². The first-order valence-electron chi connectivity index (χ1n) is 5.62. The van der Waals surface area contributed by atoms with Crippen LogP contribution in [0.1, 0.15) is 24.3 Å². The second kappa shape index (κ2) is 6.88. The second-order valence-electron chi connectivity index (χ2n) is 4.00. The average Bonchev–Trinajstić information content (AvgIpc) is 2.64. The number of nitrogens with two attached hydrogens (primary N) is 1. The molecule has 0 saturated heterocycles. The maximum absolute atomic E-state index is 12.6. The zero-order chi connectivity index (χ0) is 13.8.